The number of hydrazone groups is 1. The summed E-state index contributed by atoms with van der Waals surface area (Å²) in [6.07, 6.45) is 7.35. The fraction of sp³-hybridized carbons (Fsp3) is 0.286. The summed E-state index contributed by atoms with van der Waals surface area (Å²) in [5.74, 6) is 2.89. The lowest BCUT2D eigenvalue weighted by molar-refractivity contribution is 0.435. The lowest BCUT2D eigenvalue weighted by Gasteiger charge is -2.29. The Labute approximate surface area is 147 Å². The molecule has 2 nitrogen and oxygen atoms in total. The van der Waals surface area contributed by atoms with Gasteiger partial charge in [0.2, 0.25) is 0 Å². The van der Waals surface area contributed by atoms with E-state index in [0.717, 1.165) is 6.42 Å². The maximum Gasteiger partial charge on any atom is 0.0467 e. The van der Waals surface area contributed by atoms with E-state index in [2.05, 4.69) is 73.5 Å². The minimum absolute atomic E-state index is 0.252. The van der Waals surface area contributed by atoms with Crippen molar-refractivity contribution < 1.29 is 0 Å². The molecule has 2 aromatic carbocycles. The summed E-state index contributed by atoms with van der Waals surface area (Å²) in [6, 6.07) is 21.4. The van der Waals surface area contributed by atoms with E-state index in [1.165, 1.54) is 16.3 Å². The molecule has 0 amide bonds. The van der Waals surface area contributed by atoms with E-state index in [4.69, 9.17) is 11.5 Å². The number of rotatable bonds is 7. The van der Waals surface area contributed by atoms with Crippen molar-refractivity contribution in [3.63, 3.8) is 0 Å². The molecule has 0 fully saturated rings. The molecule has 0 saturated heterocycles. The standard InChI is InChI=1S/C21H25N2P/c1-5-13-21(20(6-2)22-23(3)4)24(18-14-9-7-10-15-18)19-16-11-8-12-17-19/h1,7-12,14-17,21H,6,13H2,2-4H3/b22-20+. The van der Waals surface area contributed by atoms with Crippen molar-refractivity contribution in [1.82, 2.24) is 5.01 Å². The van der Waals surface area contributed by atoms with Gasteiger partial charge in [-0.1, -0.05) is 67.6 Å². The Kier molecular flexibility index (Phi) is 7.04. The van der Waals surface area contributed by atoms with Crippen LogP contribution in [0.15, 0.2) is 65.8 Å². The molecule has 1 unspecified atom stereocenters. The Bertz CT molecular complexity index is 647. The summed E-state index contributed by atoms with van der Waals surface area (Å²) in [6.45, 7) is 2.16. The molecule has 3 heteroatoms. The van der Waals surface area contributed by atoms with Crippen LogP contribution in [0.4, 0.5) is 0 Å². The Morgan fingerprint density at radius 2 is 1.54 bits per heavy atom. The van der Waals surface area contributed by atoms with Gasteiger partial charge in [-0.25, -0.2) is 0 Å². The Morgan fingerprint density at radius 1 is 1.04 bits per heavy atom. The van der Waals surface area contributed by atoms with E-state index in [1.807, 2.05) is 19.1 Å². The molecule has 0 aromatic heterocycles. The molecule has 0 bridgehead atoms. The summed E-state index contributed by atoms with van der Waals surface area (Å²) in [5.41, 5.74) is 1.43. The summed E-state index contributed by atoms with van der Waals surface area (Å²) in [7, 11) is 3.34. The lowest BCUT2D eigenvalue weighted by Crippen LogP contribution is -2.29. The smallest absolute Gasteiger partial charge is 0.0467 e. The van der Waals surface area contributed by atoms with E-state index < -0.39 is 7.92 Å². The van der Waals surface area contributed by atoms with Gasteiger partial charge in [0.15, 0.2) is 0 Å². The van der Waals surface area contributed by atoms with Crippen molar-refractivity contribution >= 4 is 24.2 Å². The van der Waals surface area contributed by atoms with Crippen LogP contribution in [0.25, 0.3) is 0 Å². The quantitative estimate of drug-likeness (QED) is 0.325. The zero-order valence-corrected chi connectivity index (χ0v) is 15.6. The largest absolute Gasteiger partial charge is 0.303 e. The lowest BCUT2D eigenvalue weighted by atomic mass is 10.1. The predicted octanol–water partition coefficient (Wildman–Crippen LogP) is 3.84. The SMILES string of the molecule is C#CCC(/C(CC)=N/N(C)C)P(c1ccccc1)c1ccccc1. The van der Waals surface area contributed by atoms with Crippen molar-refractivity contribution in [1.29, 1.82) is 0 Å². The summed E-state index contributed by atoms with van der Waals surface area (Å²) in [5, 5.41) is 9.33. The Balaban J connectivity index is 2.56. The highest BCUT2D eigenvalue weighted by Crippen LogP contribution is 2.42. The normalized spacial score (nSPS) is 12.7. The molecule has 0 heterocycles. The first-order chi connectivity index (χ1) is 11.7. The van der Waals surface area contributed by atoms with E-state index in [1.54, 1.807) is 0 Å². The van der Waals surface area contributed by atoms with E-state index >= 15 is 0 Å². The van der Waals surface area contributed by atoms with Crippen LogP contribution in [0, 0.1) is 12.3 Å². The van der Waals surface area contributed by atoms with E-state index in [9.17, 15) is 0 Å². The van der Waals surface area contributed by atoms with Gasteiger partial charge in [0.1, 0.15) is 0 Å². The van der Waals surface area contributed by atoms with Crippen LogP contribution in [-0.2, 0) is 0 Å². The third-order valence-corrected chi connectivity index (χ3v) is 6.58. The fourth-order valence-corrected chi connectivity index (χ4v) is 5.61. The van der Waals surface area contributed by atoms with Gasteiger partial charge in [0.25, 0.3) is 0 Å². The average molecular weight is 336 g/mol. The van der Waals surface area contributed by atoms with Crippen LogP contribution in [0.2, 0.25) is 0 Å². The molecular weight excluding hydrogens is 311 g/mol. The van der Waals surface area contributed by atoms with E-state index in [-0.39, 0.29) is 5.66 Å². The maximum atomic E-state index is 5.74. The first kappa shape index (κ1) is 18.2. The summed E-state index contributed by atoms with van der Waals surface area (Å²) >= 11 is 0. The van der Waals surface area contributed by atoms with Crippen LogP contribution >= 0.6 is 7.92 Å². The maximum absolute atomic E-state index is 5.74. The molecule has 0 aliphatic rings. The second kappa shape index (κ2) is 9.26. The zero-order chi connectivity index (χ0) is 17.4. The minimum atomic E-state index is -0.596. The van der Waals surface area contributed by atoms with Crippen molar-refractivity contribution in [2.75, 3.05) is 14.1 Å². The topological polar surface area (TPSA) is 15.6 Å². The monoisotopic (exact) mass is 336 g/mol. The highest BCUT2D eigenvalue weighted by Gasteiger charge is 2.27. The second-order valence-corrected chi connectivity index (χ2v) is 8.15. The van der Waals surface area contributed by atoms with Crippen molar-refractivity contribution in [3.05, 3.63) is 60.7 Å². The number of hydrogen-bond donors (Lipinski definition) is 0. The van der Waals surface area contributed by atoms with Gasteiger partial charge in [-0.05, 0) is 25.0 Å². The highest BCUT2D eigenvalue weighted by molar-refractivity contribution is 7.74. The molecule has 2 aromatic rings. The second-order valence-electron chi connectivity index (χ2n) is 5.76. The van der Waals surface area contributed by atoms with Crippen molar-refractivity contribution in [2.24, 2.45) is 5.10 Å². The number of terminal acetylenes is 1. The van der Waals surface area contributed by atoms with Gasteiger partial charge >= 0.3 is 0 Å². The molecule has 0 saturated carbocycles. The molecule has 0 N–H and O–H groups in total. The van der Waals surface area contributed by atoms with Gasteiger partial charge in [0.05, 0.1) is 0 Å². The van der Waals surface area contributed by atoms with E-state index in [0.29, 0.717) is 6.42 Å². The fourth-order valence-electron chi connectivity index (χ4n) is 2.79. The van der Waals surface area contributed by atoms with Gasteiger partial charge in [0, 0.05) is 31.9 Å². The molecule has 124 valence electrons. The van der Waals surface area contributed by atoms with Crippen LogP contribution in [0.3, 0.4) is 0 Å². The molecule has 0 radical (unpaired) electrons. The highest BCUT2D eigenvalue weighted by atomic mass is 31.1. The van der Waals surface area contributed by atoms with Crippen molar-refractivity contribution in [3.8, 4) is 12.3 Å². The van der Waals surface area contributed by atoms with Crippen LogP contribution in [0.1, 0.15) is 19.8 Å². The predicted molar refractivity (Wildman–Crippen MR) is 108 cm³/mol. The van der Waals surface area contributed by atoms with Crippen LogP contribution in [-0.4, -0.2) is 30.5 Å². The van der Waals surface area contributed by atoms with Gasteiger partial charge in [-0.3, -0.25) is 0 Å². The third kappa shape index (κ3) is 4.70. The van der Waals surface area contributed by atoms with Gasteiger partial charge < -0.3 is 5.01 Å². The Morgan fingerprint density at radius 3 is 1.92 bits per heavy atom. The van der Waals surface area contributed by atoms with Gasteiger partial charge in [-0.15, -0.1) is 12.3 Å². The third-order valence-electron chi connectivity index (χ3n) is 3.77. The number of nitrogens with zero attached hydrogens (tertiary/aromatic N) is 2. The molecule has 0 aliphatic heterocycles. The van der Waals surface area contributed by atoms with Gasteiger partial charge in [-0.2, -0.15) is 5.10 Å². The van der Waals surface area contributed by atoms with Crippen LogP contribution in [0.5, 0.6) is 0 Å². The van der Waals surface area contributed by atoms with Crippen LogP contribution < -0.4 is 10.6 Å². The summed E-state index contributed by atoms with van der Waals surface area (Å²) < 4.78 is 0. The molecular formula is C21H25N2P. The molecule has 24 heavy (non-hydrogen) atoms. The minimum Gasteiger partial charge on any atom is -0.303 e. The molecule has 1 atom stereocenters. The first-order valence-electron chi connectivity index (χ1n) is 8.24. The molecule has 0 aliphatic carbocycles. The number of hydrogen-bond acceptors (Lipinski definition) is 2. The number of benzene rings is 2. The Hall–Kier alpha value is -2.10. The molecule has 0 spiro atoms. The average Bonchev–Trinajstić information content (AvgIpc) is 2.61. The molecule has 2 rings (SSSR count). The zero-order valence-electron chi connectivity index (χ0n) is 14.7. The first-order valence-corrected chi connectivity index (χ1v) is 9.66. The summed E-state index contributed by atoms with van der Waals surface area (Å²) in [4.78, 5) is 0. The van der Waals surface area contributed by atoms with Crippen molar-refractivity contribution in [2.45, 2.75) is 25.4 Å².